The Morgan fingerprint density at radius 3 is 2.51 bits per heavy atom. The molecule has 8 heterocycles. The lowest BCUT2D eigenvalue weighted by molar-refractivity contribution is -0.135. The molecule has 4 aromatic heterocycles. The number of nitrogens with zero attached hydrogens (tertiary/aromatic N) is 10. The third kappa shape index (κ3) is 8.00. The number of benzene rings is 1. The van der Waals surface area contributed by atoms with E-state index in [1.54, 1.807) is 24.1 Å². The van der Waals surface area contributed by atoms with Crippen molar-refractivity contribution in [2.75, 3.05) is 75.8 Å². The van der Waals surface area contributed by atoms with Crippen molar-refractivity contribution < 1.29 is 27.9 Å². The van der Waals surface area contributed by atoms with Crippen molar-refractivity contribution in [3.8, 4) is 11.8 Å². The van der Waals surface area contributed by atoms with Gasteiger partial charge in [-0.05, 0) is 56.2 Å². The predicted octanol–water partition coefficient (Wildman–Crippen LogP) is 3.23. The molecule has 3 amide bonds. The molecular weight excluding hydrogens is 815 g/mol. The number of imide groups is 1. The van der Waals surface area contributed by atoms with Crippen LogP contribution in [0.4, 0.5) is 20.3 Å². The maximum atomic E-state index is 14.3. The standard InChI is InChI=1S/C44H50F2N12O5/c1-52-39-28(4-2-6-34(39)58(44(52)62)35-11-12-37(59)50-43(35)61)5-3-14-53-16-18-54(19-17-53)21-27-7-9-31(10-8-27)57-24-33(38(51-57)40(45)46)48-42(60)32-20-47-56-15-13-36(49-41(32)56)55-22-29-25-63-26-30(29)23-55/h2,4,6,13,15,20,24,27,29-31,35,40H,7-12,14,16-19,21-23,25-26H2,1H3,(H,48,60)(H,50,59,61)/t27-,29?,30?,31-,35?. The number of anilines is 2. The molecule has 2 N–H and O–H groups in total. The Kier molecular flexibility index (Phi) is 11.1. The van der Waals surface area contributed by atoms with Gasteiger partial charge in [0.1, 0.15) is 17.4 Å². The molecule has 1 aromatic carbocycles. The highest BCUT2D eigenvalue weighted by Crippen LogP contribution is 2.36. The number of carbonyl (C=O) groups is 3. The maximum Gasteiger partial charge on any atom is 0.329 e. The van der Waals surface area contributed by atoms with Crippen molar-refractivity contribution in [3.05, 3.63) is 70.2 Å². The SMILES string of the molecule is Cn1c(=O)n(C2CCC(=O)NC2=O)c2cccc(C#CCN3CCN(C[C@H]4CC[C@H](n5cc(NC(=O)c6cnn7ccc(N8CC9COCC9C8)nc67)c(C(F)F)n5)CC4)CC3)c21. The van der Waals surface area contributed by atoms with Crippen molar-refractivity contribution in [2.45, 2.75) is 57.0 Å². The molecule has 0 spiro atoms. The number of carbonyl (C=O) groups excluding carboxylic acids is 3. The van der Waals surface area contributed by atoms with E-state index >= 15 is 0 Å². The third-order valence-electron chi connectivity index (χ3n) is 13.7. The van der Waals surface area contributed by atoms with Crippen molar-refractivity contribution in [1.29, 1.82) is 0 Å². The minimum Gasteiger partial charge on any atom is -0.381 e. The topological polar surface area (TPSA) is 169 Å². The molecular formula is C44H50F2N12O5. The third-order valence-corrected chi connectivity index (χ3v) is 13.7. The van der Waals surface area contributed by atoms with E-state index in [4.69, 9.17) is 9.72 Å². The Morgan fingerprint density at radius 1 is 1.00 bits per heavy atom. The Labute approximate surface area is 361 Å². The van der Waals surface area contributed by atoms with Gasteiger partial charge in [-0.2, -0.15) is 10.2 Å². The summed E-state index contributed by atoms with van der Waals surface area (Å²) >= 11 is 0. The molecule has 0 radical (unpaired) electrons. The molecule has 3 atom stereocenters. The first kappa shape index (κ1) is 41.1. The summed E-state index contributed by atoms with van der Waals surface area (Å²) in [4.78, 5) is 63.0. The smallest absolute Gasteiger partial charge is 0.329 e. The summed E-state index contributed by atoms with van der Waals surface area (Å²) < 4.78 is 40.4. The van der Waals surface area contributed by atoms with E-state index in [-0.39, 0.29) is 41.7 Å². The highest BCUT2D eigenvalue weighted by atomic mass is 19.3. The van der Waals surface area contributed by atoms with Gasteiger partial charge in [-0.15, -0.1) is 0 Å². The quantitative estimate of drug-likeness (QED) is 0.165. The highest BCUT2D eigenvalue weighted by molar-refractivity contribution is 6.08. The van der Waals surface area contributed by atoms with Gasteiger partial charge in [0.05, 0.1) is 54.3 Å². The molecule has 19 heteroatoms. The summed E-state index contributed by atoms with van der Waals surface area (Å²) in [6.07, 6.45) is 5.82. The van der Waals surface area contributed by atoms with E-state index < -0.39 is 30.0 Å². The average Bonchev–Trinajstić information content (AvgIpc) is 4.12. The van der Waals surface area contributed by atoms with Crippen molar-refractivity contribution in [3.63, 3.8) is 0 Å². The first-order valence-electron chi connectivity index (χ1n) is 21.9. The summed E-state index contributed by atoms with van der Waals surface area (Å²) in [6.45, 7) is 8.27. The second kappa shape index (κ2) is 17.0. The number of amides is 3. The van der Waals surface area contributed by atoms with E-state index in [0.29, 0.717) is 46.5 Å². The average molecular weight is 865 g/mol. The highest BCUT2D eigenvalue weighted by Gasteiger charge is 2.38. The summed E-state index contributed by atoms with van der Waals surface area (Å²) in [7, 11) is 1.68. The van der Waals surface area contributed by atoms with Crippen LogP contribution in [-0.2, 0) is 21.4 Å². The van der Waals surface area contributed by atoms with Crippen molar-refractivity contribution in [2.24, 2.45) is 24.8 Å². The van der Waals surface area contributed by atoms with E-state index in [2.05, 4.69) is 47.4 Å². The van der Waals surface area contributed by atoms with E-state index in [1.165, 1.54) is 19.8 Å². The van der Waals surface area contributed by atoms with E-state index in [9.17, 15) is 28.0 Å². The molecule has 10 rings (SSSR count). The second-order valence-electron chi connectivity index (χ2n) is 17.6. The van der Waals surface area contributed by atoms with Crippen LogP contribution in [-0.4, -0.2) is 127 Å². The molecule has 0 bridgehead atoms. The first-order chi connectivity index (χ1) is 30.6. The summed E-state index contributed by atoms with van der Waals surface area (Å²) in [5, 5.41) is 13.6. The molecule has 5 fully saturated rings. The zero-order chi connectivity index (χ0) is 43.4. The van der Waals surface area contributed by atoms with Crippen LogP contribution in [0.3, 0.4) is 0 Å². The Bertz CT molecular complexity index is 2680. The summed E-state index contributed by atoms with van der Waals surface area (Å²) in [6, 6.07) is 6.60. The largest absolute Gasteiger partial charge is 0.381 e. The molecule has 1 saturated carbocycles. The van der Waals surface area contributed by atoms with Crippen LogP contribution < -0.4 is 21.2 Å². The zero-order valence-electron chi connectivity index (χ0n) is 35.1. The number of nitrogens with one attached hydrogen (secondary N) is 2. The van der Waals surface area contributed by atoms with Gasteiger partial charge >= 0.3 is 5.69 Å². The number of fused-ring (bicyclic) bond motifs is 3. The van der Waals surface area contributed by atoms with Gasteiger partial charge < -0.3 is 19.9 Å². The molecule has 17 nitrogen and oxygen atoms in total. The first-order valence-corrected chi connectivity index (χ1v) is 21.9. The minimum atomic E-state index is -2.86. The lowest BCUT2D eigenvalue weighted by Crippen LogP contribution is -2.48. The monoisotopic (exact) mass is 864 g/mol. The van der Waals surface area contributed by atoms with Gasteiger partial charge in [-0.3, -0.25) is 38.4 Å². The number of imidazole rings is 1. The number of alkyl halides is 2. The maximum absolute atomic E-state index is 14.3. The fourth-order valence-electron chi connectivity index (χ4n) is 10.2. The van der Waals surface area contributed by atoms with Crippen LogP contribution in [0, 0.1) is 29.6 Å². The van der Waals surface area contributed by atoms with Crippen LogP contribution in [0.2, 0.25) is 0 Å². The number of aryl methyl sites for hydroxylation is 1. The van der Waals surface area contributed by atoms with Crippen LogP contribution in [0.25, 0.3) is 16.7 Å². The number of hydrogen-bond donors (Lipinski definition) is 2. The molecule has 5 aliphatic rings. The lowest BCUT2D eigenvalue weighted by atomic mass is 9.85. The zero-order valence-corrected chi connectivity index (χ0v) is 35.1. The Hall–Kier alpha value is -5.97. The van der Waals surface area contributed by atoms with Gasteiger partial charge in [0.25, 0.3) is 12.3 Å². The van der Waals surface area contributed by atoms with Gasteiger partial charge in [0.15, 0.2) is 11.3 Å². The van der Waals surface area contributed by atoms with E-state index in [0.717, 1.165) is 90.5 Å². The van der Waals surface area contributed by atoms with Crippen molar-refractivity contribution >= 4 is 45.9 Å². The van der Waals surface area contributed by atoms with Crippen LogP contribution in [0.15, 0.2) is 47.7 Å². The molecule has 1 aliphatic carbocycles. The molecule has 4 saturated heterocycles. The van der Waals surface area contributed by atoms with Gasteiger partial charge in [-0.25, -0.2) is 23.1 Å². The van der Waals surface area contributed by atoms with E-state index in [1.807, 2.05) is 24.3 Å². The molecule has 4 aliphatic heterocycles. The number of hydrogen-bond acceptors (Lipinski definition) is 11. The number of aromatic nitrogens is 7. The summed E-state index contributed by atoms with van der Waals surface area (Å²) in [5.41, 5.74) is 1.77. The number of halogens is 2. The Balaban J connectivity index is 0.716. The second-order valence-corrected chi connectivity index (χ2v) is 17.6. The number of ether oxygens (including phenoxy) is 1. The van der Waals surface area contributed by atoms with Gasteiger partial charge in [0.2, 0.25) is 11.8 Å². The minimum absolute atomic E-state index is 0.00547. The van der Waals surface area contributed by atoms with Gasteiger partial charge in [0, 0.05) is 83.5 Å². The molecule has 5 aromatic rings. The molecule has 63 heavy (non-hydrogen) atoms. The molecule has 330 valence electrons. The van der Waals surface area contributed by atoms with Crippen molar-refractivity contribution in [1.82, 2.24) is 48.6 Å². The van der Waals surface area contributed by atoms with Crippen LogP contribution in [0.5, 0.6) is 0 Å². The fraction of sp³-hybridized carbons (Fsp3) is 0.523. The van der Waals surface area contributed by atoms with Gasteiger partial charge in [-0.1, -0.05) is 17.9 Å². The number of piperidine rings is 1. The van der Waals surface area contributed by atoms with Crippen LogP contribution >= 0.6 is 0 Å². The number of rotatable bonds is 9. The predicted molar refractivity (Wildman–Crippen MR) is 227 cm³/mol. The normalized spacial score (nSPS) is 24.6. The summed E-state index contributed by atoms with van der Waals surface area (Å²) in [5.74, 6) is 7.36. The molecule has 3 unspecified atom stereocenters. The Morgan fingerprint density at radius 2 is 1.76 bits per heavy atom. The van der Waals surface area contributed by atoms with Crippen LogP contribution in [0.1, 0.15) is 78.6 Å². The lowest BCUT2D eigenvalue weighted by Gasteiger charge is -2.37. The number of piperazine rings is 1. The fourth-order valence-corrected chi connectivity index (χ4v) is 10.2. The number of para-hydroxylation sites is 1.